The SMILES string of the molecule is Cl.Cl.Cl.Cl.Cl.NCCCNCCCCNCCCCNCc1ccc2cccc(O)c2n1. The Kier molecular flexibility index (Phi) is 30.9. The first kappa shape index (κ1) is 39.0. The molecule has 0 saturated heterocycles. The normalized spacial score (nSPS) is 9.53. The zero-order valence-electron chi connectivity index (χ0n) is 18.4. The van der Waals surface area contributed by atoms with Crippen molar-refractivity contribution in [2.24, 2.45) is 5.73 Å². The van der Waals surface area contributed by atoms with Crippen LogP contribution in [0.4, 0.5) is 0 Å². The van der Waals surface area contributed by atoms with Crippen molar-refractivity contribution in [3.8, 4) is 5.75 Å². The molecule has 11 heteroatoms. The first-order valence-corrected chi connectivity index (χ1v) is 10.2. The number of halogens is 5. The molecule has 1 aromatic carbocycles. The summed E-state index contributed by atoms with van der Waals surface area (Å²) < 4.78 is 0. The van der Waals surface area contributed by atoms with Gasteiger partial charge in [0.05, 0.1) is 5.69 Å². The number of hydrogen-bond donors (Lipinski definition) is 5. The number of phenols is 1. The van der Waals surface area contributed by atoms with Crippen molar-refractivity contribution in [3.63, 3.8) is 0 Å². The highest BCUT2D eigenvalue weighted by molar-refractivity contribution is 5.86. The molecule has 2 rings (SSSR count). The second kappa shape index (κ2) is 25.3. The van der Waals surface area contributed by atoms with Gasteiger partial charge in [0.2, 0.25) is 0 Å². The zero-order chi connectivity index (χ0) is 19.2. The minimum absolute atomic E-state index is 0. The number of rotatable bonds is 15. The van der Waals surface area contributed by atoms with E-state index in [-0.39, 0.29) is 67.8 Å². The minimum Gasteiger partial charge on any atom is -0.506 e. The maximum Gasteiger partial charge on any atom is 0.141 e. The van der Waals surface area contributed by atoms with Gasteiger partial charge in [-0.2, -0.15) is 0 Å². The van der Waals surface area contributed by atoms with Crippen LogP contribution in [0.1, 0.15) is 37.8 Å². The van der Waals surface area contributed by atoms with E-state index in [1.807, 2.05) is 24.3 Å². The largest absolute Gasteiger partial charge is 0.506 e. The molecule has 0 aliphatic rings. The van der Waals surface area contributed by atoms with Crippen molar-refractivity contribution in [1.29, 1.82) is 0 Å². The van der Waals surface area contributed by atoms with E-state index in [1.54, 1.807) is 6.07 Å². The number of benzene rings is 1. The number of nitrogens with two attached hydrogens (primary N) is 1. The van der Waals surface area contributed by atoms with E-state index in [4.69, 9.17) is 5.73 Å². The Balaban J connectivity index is -0.000000784. The third kappa shape index (κ3) is 16.4. The summed E-state index contributed by atoms with van der Waals surface area (Å²) in [5.41, 5.74) is 7.09. The van der Waals surface area contributed by atoms with E-state index in [0.717, 1.165) is 69.7 Å². The molecule has 0 fully saturated rings. The van der Waals surface area contributed by atoms with Crippen molar-refractivity contribution in [1.82, 2.24) is 20.9 Å². The molecular weight excluding hydrogens is 516 g/mol. The number of aromatic hydroxyl groups is 1. The highest BCUT2D eigenvalue weighted by Crippen LogP contribution is 2.22. The van der Waals surface area contributed by atoms with Gasteiger partial charge in [-0.15, -0.1) is 62.0 Å². The summed E-state index contributed by atoms with van der Waals surface area (Å²) in [5, 5.41) is 21.2. The van der Waals surface area contributed by atoms with Crippen molar-refractivity contribution in [3.05, 3.63) is 36.0 Å². The summed E-state index contributed by atoms with van der Waals surface area (Å²) in [6.07, 6.45) is 5.81. The molecule has 0 radical (unpaired) electrons. The van der Waals surface area contributed by atoms with E-state index in [1.165, 1.54) is 19.3 Å². The standard InChI is InChI=1S/C21H35N5O.5ClH/c22-11-6-16-24-14-2-1-12-23-13-3-4-15-25-17-19-10-9-18-7-5-8-20(27)21(18)26-19;;;;;/h5,7-10,23-25,27H,1-4,6,11-17,22H2;5*1H. The fraction of sp³-hybridized carbons (Fsp3) is 0.571. The first-order valence-electron chi connectivity index (χ1n) is 10.2. The summed E-state index contributed by atoms with van der Waals surface area (Å²) in [7, 11) is 0. The Bertz CT molecular complexity index is 670. The van der Waals surface area contributed by atoms with Crippen molar-refractivity contribution >= 4 is 72.9 Å². The van der Waals surface area contributed by atoms with Crippen LogP contribution in [0.5, 0.6) is 5.75 Å². The number of nitrogens with zero attached hydrogens (tertiary/aromatic N) is 1. The molecule has 2 aromatic rings. The molecule has 0 amide bonds. The molecule has 0 unspecified atom stereocenters. The van der Waals surface area contributed by atoms with Gasteiger partial charge in [-0.25, -0.2) is 4.98 Å². The molecule has 0 aliphatic heterocycles. The molecule has 0 spiro atoms. The number of pyridine rings is 1. The molecule has 0 atom stereocenters. The van der Waals surface area contributed by atoms with Crippen LogP contribution in [0.3, 0.4) is 0 Å². The molecule has 6 N–H and O–H groups in total. The second-order valence-corrected chi connectivity index (χ2v) is 6.88. The van der Waals surface area contributed by atoms with Gasteiger partial charge < -0.3 is 26.8 Å². The fourth-order valence-electron chi connectivity index (χ4n) is 2.96. The molecule has 190 valence electrons. The molecule has 0 aliphatic carbocycles. The van der Waals surface area contributed by atoms with E-state index in [0.29, 0.717) is 5.52 Å². The lowest BCUT2D eigenvalue weighted by molar-refractivity contribution is 0.480. The van der Waals surface area contributed by atoms with E-state index in [9.17, 15) is 5.11 Å². The molecular formula is C21H40Cl5N5O. The average Bonchev–Trinajstić information content (AvgIpc) is 2.69. The molecule has 6 nitrogen and oxygen atoms in total. The van der Waals surface area contributed by atoms with Crippen LogP contribution >= 0.6 is 62.0 Å². The Labute approximate surface area is 223 Å². The van der Waals surface area contributed by atoms with Gasteiger partial charge >= 0.3 is 0 Å². The third-order valence-electron chi connectivity index (χ3n) is 4.53. The Morgan fingerprint density at radius 3 is 1.78 bits per heavy atom. The lowest BCUT2D eigenvalue weighted by Crippen LogP contribution is -2.22. The Morgan fingerprint density at radius 2 is 1.22 bits per heavy atom. The highest BCUT2D eigenvalue weighted by Gasteiger charge is 2.02. The Hall–Kier alpha value is -0.280. The van der Waals surface area contributed by atoms with Crippen molar-refractivity contribution < 1.29 is 5.11 Å². The number of fused-ring (bicyclic) bond motifs is 1. The van der Waals surface area contributed by atoms with Crippen LogP contribution in [0.15, 0.2) is 30.3 Å². The summed E-state index contributed by atoms with van der Waals surface area (Å²) >= 11 is 0. The van der Waals surface area contributed by atoms with E-state index >= 15 is 0 Å². The van der Waals surface area contributed by atoms with Crippen LogP contribution in [0.2, 0.25) is 0 Å². The van der Waals surface area contributed by atoms with Crippen LogP contribution < -0.4 is 21.7 Å². The van der Waals surface area contributed by atoms with E-state index in [2.05, 4.69) is 20.9 Å². The van der Waals surface area contributed by atoms with Gasteiger partial charge in [-0.05, 0) is 83.5 Å². The third-order valence-corrected chi connectivity index (χ3v) is 4.53. The Morgan fingerprint density at radius 1 is 0.688 bits per heavy atom. The quantitative estimate of drug-likeness (QED) is 0.211. The zero-order valence-corrected chi connectivity index (χ0v) is 22.5. The highest BCUT2D eigenvalue weighted by atomic mass is 35.5. The van der Waals surface area contributed by atoms with E-state index < -0.39 is 0 Å². The fourth-order valence-corrected chi connectivity index (χ4v) is 2.96. The number of unbranched alkanes of at least 4 members (excludes halogenated alkanes) is 2. The van der Waals surface area contributed by atoms with Crippen LogP contribution in [-0.4, -0.2) is 49.4 Å². The summed E-state index contributed by atoms with van der Waals surface area (Å²) in [6.45, 7) is 6.77. The smallest absolute Gasteiger partial charge is 0.141 e. The van der Waals surface area contributed by atoms with Gasteiger partial charge in [0, 0.05) is 11.9 Å². The summed E-state index contributed by atoms with van der Waals surface area (Å²) in [4.78, 5) is 4.54. The predicted molar refractivity (Wildman–Crippen MR) is 149 cm³/mol. The molecule has 1 aromatic heterocycles. The molecule has 0 bridgehead atoms. The first-order chi connectivity index (χ1) is 13.3. The number of nitrogens with one attached hydrogen (secondary N) is 3. The van der Waals surface area contributed by atoms with Crippen LogP contribution in [0, 0.1) is 0 Å². The molecule has 1 heterocycles. The monoisotopic (exact) mass is 553 g/mol. The number of para-hydroxylation sites is 1. The van der Waals surface area contributed by atoms with Crippen molar-refractivity contribution in [2.75, 3.05) is 39.3 Å². The lowest BCUT2D eigenvalue weighted by Gasteiger charge is -2.08. The van der Waals surface area contributed by atoms with Gasteiger partial charge in [-0.3, -0.25) is 0 Å². The minimum atomic E-state index is 0. The maximum atomic E-state index is 9.89. The molecule has 0 saturated carbocycles. The van der Waals surface area contributed by atoms with Gasteiger partial charge in [0.1, 0.15) is 11.3 Å². The van der Waals surface area contributed by atoms with Crippen LogP contribution in [-0.2, 0) is 6.54 Å². The number of hydrogen-bond acceptors (Lipinski definition) is 6. The number of phenolic OH excluding ortho intramolecular Hbond substituents is 1. The van der Waals surface area contributed by atoms with Crippen LogP contribution in [0.25, 0.3) is 10.9 Å². The second-order valence-electron chi connectivity index (χ2n) is 6.88. The topological polar surface area (TPSA) is 95.2 Å². The maximum absolute atomic E-state index is 9.89. The lowest BCUT2D eigenvalue weighted by atomic mass is 10.2. The summed E-state index contributed by atoms with van der Waals surface area (Å²) in [5.74, 6) is 0.242. The van der Waals surface area contributed by atoms with Gasteiger partial charge in [0.25, 0.3) is 0 Å². The van der Waals surface area contributed by atoms with Gasteiger partial charge in [0.15, 0.2) is 0 Å². The van der Waals surface area contributed by atoms with Gasteiger partial charge in [-0.1, -0.05) is 18.2 Å². The number of aromatic nitrogens is 1. The average molecular weight is 556 g/mol. The predicted octanol–water partition coefficient (Wildman–Crippen LogP) is 4.23. The summed E-state index contributed by atoms with van der Waals surface area (Å²) in [6, 6.07) is 9.51. The molecule has 32 heavy (non-hydrogen) atoms. The van der Waals surface area contributed by atoms with Crippen molar-refractivity contribution in [2.45, 2.75) is 38.6 Å².